The number of amides is 2. The Balaban J connectivity index is 1.92. The molecule has 1 aromatic carbocycles. The first-order valence-corrected chi connectivity index (χ1v) is 9.59. The highest BCUT2D eigenvalue weighted by molar-refractivity contribution is 5.96. The first-order valence-electron chi connectivity index (χ1n) is 9.59. The minimum atomic E-state index is -1.04. The van der Waals surface area contributed by atoms with Crippen LogP contribution < -0.4 is 5.32 Å². The van der Waals surface area contributed by atoms with Crippen LogP contribution in [-0.4, -0.2) is 47.7 Å². The zero-order valence-electron chi connectivity index (χ0n) is 17.2. The topological polar surface area (TPSA) is 109 Å². The van der Waals surface area contributed by atoms with E-state index in [0.717, 1.165) is 0 Å². The van der Waals surface area contributed by atoms with Crippen LogP contribution in [0.3, 0.4) is 0 Å². The quantitative estimate of drug-likeness (QED) is 0.777. The summed E-state index contributed by atoms with van der Waals surface area (Å²) in [4.78, 5) is 38.6. The molecule has 0 aromatic heterocycles. The lowest BCUT2D eigenvalue weighted by Crippen LogP contribution is -2.45. The van der Waals surface area contributed by atoms with E-state index in [1.165, 1.54) is 11.8 Å². The van der Waals surface area contributed by atoms with Gasteiger partial charge >= 0.3 is 12.1 Å². The van der Waals surface area contributed by atoms with Crippen molar-refractivity contribution in [3.05, 3.63) is 29.8 Å². The first-order chi connectivity index (χ1) is 13.6. The molecule has 2 amide bonds. The third-order valence-electron chi connectivity index (χ3n) is 4.37. The molecule has 1 saturated heterocycles. The van der Waals surface area contributed by atoms with Crippen LogP contribution in [0.1, 0.15) is 46.1 Å². The Hall–Kier alpha value is -3.08. The molecule has 2 rings (SSSR count). The maximum atomic E-state index is 12.5. The van der Waals surface area contributed by atoms with Crippen molar-refractivity contribution in [2.75, 3.05) is 18.4 Å². The Morgan fingerprint density at radius 1 is 1.28 bits per heavy atom. The molecule has 0 radical (unpaired) electrons. The Bertz CT molecular complexity index is 809. The number of anilines is 1. The number of likely N-dealkylation sites (tertiary alicyclic amines) is 1. The van der Waals surface area contributed by atoms with Crippen LogP contribution in [0.2, 0.25) is 0 Å². The number of ether oxygens (including phenoxy) is 2. The Kier molecular flexibility index (Phi) is 7.21. The lowest BCUT2D eigenvalue weighted by atomic mass is 9.98. The molecule has 1 heterocycles. The largest absolute Gasteiger partial charge is 0.452 e. The van der Waals surface area contributed by atoms with Crippen LogP contribution in [-0.2, 0) is 19.1 Å². The predicted molar refractivity (Wildman–Crippen MR) is 106 cm³/mol. The Labute approximate surface area is 170 Å². The summed E-state index contributed by atoms with van der Waals surface area (Å²) in [6, 6.07) is 8.56. The molecule has 29 heavy (non-hydrogen) atoms. The summed E-state index contributed by atoms with van der Waals surface area (Å²) >= 11 is 0. The standard InChI is InChI=1S/C21H27N3O5/c1-14(18(25)23-17-10-6-5-8-15(17)12-22)28-19(26)16-9-7-11-24(13-16)20(27)29-21(2,3)4/h5-6,8,10,14,16H,7,9,11,13H2,1-4H3,(H,23,25)/t14-,16+/m1/s1. The highest BCUT2D eigenvalue weighted by Crippen LogP contribution is 2.21. The summed E-state index contributed by atoms with van der Waals surface area (Å²) < 4.78 is 10.7. The molecule has 1 aliphatic rings. The van der Waals surface area contributed by atoms with E-state index in [1.807, 2.05) is 6.07 Å². The van der Waals surface area contributed by atoms with E-state index < -0.39 is 35.6 Å². The Morgan fingerprint density at radius 3 is 2.62 bits per heavy atom. The number of nitriles is 1. The van der Waals surface area contributed by atoms with Gasteiger partial charge in [0.2, 0.25) is 0 Å². The normalized spacial score (nSPS) is 17.6. The van der Waals surface area contributed by atoms with Gasteiger partial charge in [-0.25, -0.2) is 4.79 Å². The van der Waals surface area contributed by atoms with E-state index in [9.17, 15) is 14.4 Å². The van der Waals surface area contributed by atoms with E-state index in [0.29, 0.717) is 30.6 Å². The number of esters is 1. The van der Waals surface area contributed by atoms with Gasteiger partial charge in [-0.15, -0.1) is 0 Å². The number of hydrogen-bond acceptors (Lipinski definition) is 6. The van der Waals surface area contributed by atoms with Crippen LogP contribution in [0, 0.1) is 17.2 Å². The molecule has 0 spiro atoms. The van der Waals surface area contributed by atoms with Crippen molar-refractivity contribution in [2.45, 2.75) is 52.2 Å². The predicted octanol–water partition coefficient (Wildman–Crippen LogP) is 3.08. The maximum absolute atomic E-state index is 12.5. The van der Waals surface area contributed by atoms with Crippen LogP contribution in [0.25, 0.3) is 0 Å². The smallest absolute Gasteiger partial charge is 0.410 e. The molecule has 1 fully saturated rings. The van der Waals surface area contributed by atoms with Gasteiger partial charge in [-0.2, -0.15) is 5.26 Å². The summed E-state index contributed by atoms with van der Waals surface area (Å²) in [6.45, 7) is 7.53. The lowest BCUT2D eigenvalue weighted by Gasteiger charge is -2.33. The lowest BCUT2D eigenvalue weighted by molar-refractivity contribution is -0.158. The van der Waals surface area contributed by atoms with Gasteiger partial charge < -0.3 is 19.7 Å². The van der Waals surface area contributed by atoms with Gasteiger partial charge in [-0.05, 0) is 52.7 Å². The van der Waals surface area contributed by atoms with Crippen molar-refractivity contribution in [3.63, 3.8) is 0 Å². The second-order valence-corrected chi connectivity index (χ2v) is 7.99. The van der Waals surface area contributed by atoms with E-state index in [4.69, 9.17) is 14.7 Å². The maximum Gasteiger partial charge on any atom is 0.410 e. The molecular formula is C21H27N3O5. The van der Waals surface area contributed by atoms with Gasteiger partial charge in [-0.3, -0.25) is 9.59 Å². The van der Waals surface area contributed by atoms with E-state index in [2.05, 4.69) is 5.32 Å². The fraction of sp³-hybridized carbons (Fsp3) is 0.524. The van der Waals surface area contributed by atoms with Crippen molar-refractivity contribution < 1.29 is 23.9 Å². The fourth-order valence-electron chi connectivity index (χ4n) is 2.91. The summed E-state index contributed by atoms with van der Waals surface area (Å²) in [7, 11) is 0. The molecule has 1 aliphatic heterocycles. The van der Waals surface area contributed by atoms with Crippen LogP contribution in [0.15, 0.2) is 24.3 Å². The second kappa shape index (κ2) is 9.41. The van der Waals surface area contributed by atoms with E-state index in [1.54, 1.807) is 45.0 Å². The van der Waals surface area contributed by atoms with Crippen LogP contribution in [0.5, 0.6) is 0 Å². The third-order valence-corrected chi connectivity index (χ3v) is 4.37. The van der Waals surface area contributed by atoms with Crippen LogP contribution >= 0.6 is 0 Å². The first kappa shape index (κ1) is 22.2. The molecular weight excluding hydrogens is 374 g/mol. The molecule has 8 heteroatoms. The highest BCUT2D eigenvalue weighted by Gasteiger charge is 2.33. The number of benzene rings is 1. The summed E-state index contributed by atoms with van der Waals surface area (Å²) in [6.07, 6.45) is -0.279. The van der Waals surface area contributed by atoms with Gasteiger partial charge in [0.05, 0.1) is 17.2 Å². The molecule has 0 unspecified atom stereocenters. The number of nitrogens with one attached hydrogen (secondary N) is 1. The van der Waals surface area contributed by atoms with Gasteiger partial charge in [0.1, 0.15) is 11.7 Å². The SMILES string of the molecule is C[C@@H](OC(=O)[C@H]1CCCN(C(=O)OC(C)(C)C)C1)C(=O)Nc1ccccc1C#N. The number of nitrogens with zero attached hydrogens (tertiary/aromatic N) is 2. The molecule has 156 valence electrons. The van der Waals surface area contributed by atoms with Crippen molar-refractivity contribution >= 4 is 23.7 Å². The van der Waals surface area contributed by atoms with E-state index >= 15 is 0 Å². The zero-order chi connectivity index (χ0) is 21.6. The van der Waals surface area contributed by atoms with Gasteiger partial charge in [0, 0.05) is 13.1 Å². The number of rotatable bonds is 4. The molecule has 8 nitrogen and oxygen atoms in total. The molecule has 2 atom stereocenters. The average molecular weight is 401 g/mol. The van der Waals surface area contributed by atoms with Gasteiger partial charge in [-0.1, -0.05) is 12.1 Å². The zero-order valence-corrected chi connectivity index (χ0v) is 17.2. The number of para-hydroxylation sites is 1. The molecule has 1 aromatic rings. The number of carbonyl (C=O) groups excluding carboxylic acids is 3. The highest BCUT2D eigenvalue weighted by atomic mass is 16.6. The molecule has 0 saturated carbocycles. The minimum absolute atomic E-state index is 0.194. The monoisotopic (exact) mass is 401 g/mol. The number of hydrogen-bond donors (Lipinski definition) is 1. The summed E-state index contributed by atoms with van der Waals surface area (Å²) in [5.74, 6) is -1.58. The van der Waals surface area contributed by atoms with Gasteiger partial charge in [0.25, 0.3) is 5.91 Å². The van der Waals surface area contributed by atoms with Gasteiger partial charge in [0.15, 0.2) is 6.10 Å². The third kappa shape index (κ3) is 6.49. The number of piperidine rings is 1. The summed E-state index contributed by atoms with van der Waals surface area (Å²) in [5, 5.41) is 11.7. The van der Waals surface area contributed by atoms with Crippen molar-refractivity contribution in [1.29, 1.82) is 5.26 Å². The number of carbonyl (C=O) groups is 3. The van der Waals surface area contributed by atoms with Crippen molar-refractivity contribution in [1.82, 2.24) is 4.90 Å². The second-order valence-electron chi connectivity index (χ2n) is 7.99. The molecule has 1 N–H and O–H groups in total. The average Bonchev–Trinajstić information content (AvgIpc) is 2.67. The molecule has 0 aliphatic carbocycles. The fourth-order valence-corrected chi connectivity index (χ4v) is 2.91. The minimum Gasteiger partial charge on any atom is -0.452 e. The summed E-state index contributed by atoms with van der Waals surface area (Å²) in [5.41, 5.74) is 0.0629. The van der Waals surface area contributed by atoms with Crippen molar-refractivity contribution in [3.8, 4) is 6.07 Å². The van der Waals surface area contributed by atoms with E-state index in [-0.39, 0.29) is 6.54 Å². The van der Waals surface area contributed by atoms with Crippen LogP contribution in [0.4, 0.5) is 10.5 Å². The molecule has 0 bridgehead atoms. The Morgan fingerprint density at radius 2 is 1.97 bits per heavy atom. The van der Waals surface area contributed by atoms with Crippen molar-refractivity contribution in [2.24, 2.45) is 5.92 Å².